The van der Waals surface area contributed by atoms with E-state index in [1.165, 1.54) is 12.2 Å². The van der Waals surface area contributed by atoms with E-state index in [1.54, 1.807) is 0 Å². The van der Waals surface area contributed by atoms with Crippen molar-refractivity contribution >= 4 is 18.1 Å². The predicted molar refractivity (Wildman–Crippen MR) is 62.3 cm³/mol. The van der Waals surface area contributed by atoms with Gasteiger partial charge in [-0.1, -0.05) is 5.11 Å². The summed E-state index contributed by atoms with van der Waals surface area (Å²) in [4.78, 5) is 37.0. The quantitative estimate of drug-likeness (QED) is 0.158. The van der Waals surface area contributed by atoms with Crippen LogP contribution in [0.25, 0.3) is 10.4 Å². The molecule has 0 spiro atoms. The van der Waals surface area contributed by atoms with Crippen molar-refractivity contribution in [1.29, 1.82) is 0 Å². The van der Waals surface area contributed by atoms with E-state index in [2.05, 4.69) is 15.3 Å². The van der Waals surface area contributed by atoms with Gasteiger partial charge in [-0.3, -0.25) is 14.5 Å². The molecule has 0 aliphatic carbocycles. The molecule has 0 fully saturated rings. The Hall–Kier alpha value is -2.18. The van der Waals surface area contributed by atoms with Crippen molar-refractivity contribution in [3.05, 3.63) is 22.6 Å². The number of aldehydes is 1. The molecular weight excluding hydrogens is 238 g/mol. The van der Waals surface area contributed by atoms with E-state index in [1.807, 2.05) is 0 Å². The van der Waals surface area contributed by atoms with Gasteiger partial charge in [0.2, 0.25) is 0 Å². The highest BCUT2D eigenvalue weighted by Gasteiger charge is 2.25. The smallest absolute Gasteiger partial charge is 0.253 e. The maximum Gasteiger partial charge on any atom is 0.253 e. The Labute approximate surface area is 103 Å². The first-order valence-electron chi connectivity index (χ1n) is 5.39. The Bertz CT molecular complexity index is 396. The second-order valence-electron chi connectivity index (χ2n) is 3.68. The summed E-state index contributed by atoms with van der Waals surface area (Å²) in [7, 11) is 0. The van der Waals surface area contributed by atoms with Gasteiger partial charge in [-0.15, -0.1) is 0 Å². The largest absolute Gasteiger partial charge is 0.316 e. The number of carbonyl (C=O) groups excluding carboxylic acids is 3. The van der Waals surface area contributed by atoms with Gasteiger partial charge in [0.25, 0.3) is 11.8 Å². The lowest BCUT2D eigenvalue weighted by Gasteiger charge is -2.18. The van der Waals surface area contributed by atoms with E-state index in [4.69, 9.17) is 5.53 Å². The molecule has 1 heterocycles. The van der Waals surface area contributed by atoms with Crippen molar-refractivity contribution in [3.63, 3.8) is 0 Å². The highest BCUT2D eigenvalue weighted by Crippen LogP contribution is 2.06. The first-order valence-corrected chi connectivity index (χ1v) is 5.39. The van der Waals surface area contributed by atoms with Crippen LogP contribution >= 0.6 is 0 Å². The molecular formula is C10H13N5O3. The minimum atomic E-state index is -0.469. The van der Waals surface area contributed by atoms with Gasteiger partial charge < -0.3 is 10.1 Å². The molecule has 0 saturated carbocycles. The summed E-state index contributed by atoms with van der Waals surface area (Å²) in [6.45, 7) is 1.10. The van der Waals surface area contributed by atoms with Crippen LogP contribution < -0.4 is 5.32 Å². The molecule has 0 saturated heterocycles. The molecule has 1 N–H and O–H groups in total. The minimum Gasteiger partial charge on any atom is -0.316 e. The predicted octanol–water partition coefficient (Wildman–Crippen LogP) is -0.374. The zero-order valence-electron chi connectivity index (χ0n) is 9.65. The van der Waals surface area contributed by atoms with E-state index >= 15 is 0 Å². The molecule has 8 heteroatoms. The van der Waals surface area contributed by atoms with Crippen LogP contribution in [0.5, 0.6) is 0 Å². The van der Waals surface area contributed by atoms with Gasteiger partial charge in [-0.05, 0) is 5.53 Å². The molecule has 1 atom stereocenters. The second kappa shape index (κ2) is 7.21. The number of imide groups is 1. The number of carbonyl (C=O) groups is 3. The minimum absolute atomic E-state index is 0.0582. The molecule has 8 nitrogen and oxygen atoms in total. The van der Waals surface area contributed by atoms with Crippen LogP contribution in [0.3, 0.4) is 0 Å². The Balaban J connectivity index is 2.33. The normalized spacial score (nSPS) is 15.7. The van der Waals surface area contributed by atoms with Gasteiger partial charge in [-0.2, -0.15) is 0 Å². The maximum absolute atomic E-state index is 11.3. The number of nitrogens with one attached hydrogen (secondary N) is 1. The van der Waals surface area contributed by atoms with Crippen LogP contribution in [0.1, 0.15) is 0 Å². The standard InChI is InChI=1S/C10H13N5O3/c11-14-13-4-3-12-5-8(7-16)6-15-9(17)1-2-10(15)18/h1-2,7-8,12H,3-6H2. The van der Waals surface area contributed by atoms with Gasteiger partial charge in [0.05, 0.1) is 0 Å². The fourth-order valence-electron chi connectivity index (χ4n) is 1.46. The molecule has 2 amide bonds. The fourth-order valence-corrected chi connectivity index (χ4v) is 1.46. The van der Waals surface area contributed by atoms with Gasteiger partial charge in [-0.25, -0.2) is 0 Å². The summed E-state index contributed by atoms with van der Waals surface area (Å²) in [5, 5.41) is 6.23. The summed E-state index contributed by atoms with van der Waals surface area (Å²) >= 11 is 0. The van der Waals surface area contributed by atoms with E-state index in [0.717, 1.165) is 4.90 Å². The van der Waals surface area contributed by atoms with Gasteiger partial charge >= 0.3 is 0 Å². The molecule has 0 aromatic carbocycles. The van der Waals surface area contributed by atoms with Crippen molar-refractivity contribution in [2.75, 3.05) is 26.2 Å². The zero-order valence-corrected chi connectivity index (χ0v) is 9.65. The third kappa shape index (κ3) is 4.00. The van der Waals surface area contributed by atoms with Crippen LogP contribution in [0, 0.1) is 5.92 Å². The van der Waals surface area contributed by atoms with Crippen molar-refractivity contribution in [1.82, 2.24) is 10.2 Å². The number of hydrogen-bond acceptors (Lipinski definition) is 5. The summed E-state index contributed by atoms with van der Waals surface area (Å²) in [5.41, 5.74) is 8.05. The van der Waals surface area contributed by atoms with E-state index in [9.17, 15) is 14.4 Å². The van der Waals surface area contributed by atoms with Crippen LogP contribution in [0.2, 0.25) is 0 Å². The third-order valence-electron chi connectivity index (χ3n) is 2.37. The van der Waals surface area contributed by atoms with E-state index in [0.29, 0.717) is 19.4 Å². The Morgan fingerprint density at radius 3 is 2.67 bits per heavy atom. The Morgan fingerprint density at radius 2 is 2.11 bits per heavy atom. The molecule has 1 unspecified atom stereocenters. The van der Waals surface area contributed by atoms with Gasteiger partial charge in [0.1, 0.15) is 6.29 Å². The molecule has 1 aliphatic rings. The SMILES string of the molecule is [N-]=[N+]=NCCNCC(C=O)CN1C(=O)C=CC1=O. The second-order valence-corrected chi connectivity index (χ2v) is 3.68. The highest BCUT2D eigenvalue weighted by molar-refractivity contribution is 6.12. The monoisotopic (exact) mass is 251 g/mol. The van der Waals surface area contributed by atoms with Crippen LogP contribution in [-0.2, 0) is 14.4 Å². The van der Waals surface area contributed by atoms with Crippen molar-refractivity contribution in [2.24, 2.45) is 11.0 Å². The molecule has 18 heavy (non-hydrogen) atoms. The molecule has 0 aromatic rings. The number of nitrogens with zero attached hydrogens (tertiary/aromatic N) is 4. The average Bonchev–Trinajstić information content (AvgIpc) is 2.68. The van der Waals surface area contributed by atoms with Crippen LogP contribution in [0.4, 0.5) is 0 Å². The number of amides is 2. The van der Waals surface area contributed by atoms with Crippen molar-refractivity contribution < 1.29 is 14.4 Å². The molecule has 96 valence electrons. The Kier molecular flexibility index (Phi) is 5.56. The topological polar surface area (TPSA) is 115 Å². The molecule has 1 aliphatic heterocycles. The first kappa shape index (κ1) is 13.9. The molecule has 0 aromatic heterocycles. The summed E-state index contributed by atoms with van der Waals surface area (Å²) in [6.07, 6.45) is 3.05. The van der Waals surface area contributed by atoms with Crippen LogP contribution in [0.15, 0.2) is 17.3 Å². The van der Waals surface area contributed by atoms with Gasteiger partial charge in [0.15, 0.2) is 0 Å². The van der Waals surface area contributed by atoms with Crippen LogP contribution in [-0.4, -0.2) is 49.2 Å². The number of hydrogen-bond donors (Lipinski definition) is 1. The summed E-state index contributed by atoms with van der Waals surface area (Å²) in [5.74, 6) is -1.27. The van der Waals surface area contributed by atoms with Crippen molar-refractivity contribution in [2.45, 2.75) is 0 Å². The average molecular weight is 251 g/mol. The maximum atomic E-state index is 11.3. The summed E-state index contributed by atoms with van der Waals surface area (Å²) in [6, 6.07) is 0. The lowest BCUT2D eigenvalue weighted by atomic mass is 10.1. The first-order chi connectivity index (χ1) is 8.69. The molecule has 1 rings (SSSR count). The van der Waals surface area contributed by atoms with Gasteiger partial charge in [0, 0.05) is 49.2 Å². The molecule has 0 bridgehead atoms. The number of rotatable bonds is 8. The van der Waals surface area contributed by atoms with E-state index in [-0.39, 0.29) is 13.1 Å². The number of azide groups is 1. The van der Waals surface area contributed by atoms with Crippen molar-refractivity contribution in [3.8, 4) is 0 Å². The Morgan fingerprint density at radius 1 is 1.44 bits per heavy atom. The highest BCUT2D eigenvalue weighted by atomic mass is 16.2. The summed E-state index contributed by atoms with van der Waals surface area (Å²) < 4.78 is 0. The fraction of sp³-hybridized carbons (Fsp3) is 0.500. The van der Waals surface area contributed by atoms with E-state index < -0.39 is 17.7 Å². The third-order valence-corrected chi connectivity index (χ3v) is 2.37. The zero-order chi connectivity index (χ0) is 13.4. The lowest BCUT2D eigenvalue weighted by molar-refractivity contribution is -0.137. The lowest BCUT2D eigenvalue weighted by Crippen LogP contribution is -2.39. The molecule has 0 radical (unpaired) electrons.